The molecule has 2 unspecified atom stereocenters. The highest BCUT2D eigenvalue weighted by atomic mass is 16.4. The smallest absolute Gasteiger partial charge is 0.251 e. The second kappa shape index (κ2) is 4.21. The van der Waals surface area contributed by atoms with E-state index in [2.05, 4.69) is 5.32 Å². The molecule has 16 heavy (non-hydrogen) atoms. The van der Waals surface area contributed by atoms with Gasteiger partial charge in [-0.2, -0.15) is 0 Å². The topological polar surface area (TPSA) is 89.8 Å². The van der Waals surface area contributed by atoms with E-state index in [4.69, 9.17) is 5.11 Å². The monoisotopic (exact) mass is 223 g/mol. The fourth-order valence-corrected chi connectivity index (χ4v) is 1.74. The van der Waals surface area contributed by atoms with Crippen molar-refractivity contribution in [2.24, 2.45) is 0 Å². The van der Waals surface area contributed by atoms with Gasteiger partial charge in [0.05, 0.1) is 6.61 Å². The number of hydrogen-bond donors (Lipinski definition) is 4. The second-order valence-electron chi connectivity index (χ2n) is 3.79. The third-order valence-corrected chi connectivity index (χ3v) is 2.71. The van der Waals surface area contributed by atoms with E-state index in [-0.39, 0.29) is 5.91 Å². The molecule has 86 valence electrons. The number of aliphatic hydroxyl groups is 3. The van der Waals surface area contributed by atoms with Crippen molar-refractivity contribution < 1.29 is 20.1 Å². The Balaban J connectivity index is 2.31. The van der Waals surface area contributed by atoms with Crippen molar-refractivity contribution in [2.75, 3.05) is 6.61 Å². The first-order chi connectivity index (χ1) is 7.63. The maximum atomic E-state index is 11.4. The van der Waals surface area contributed by atoms with Crippen LogP contribution in [0.1, 0.15) is 27.6 Å². The third kappa shape index (κ3) is 1.80. The Morgan fingerprint density at radius 3 is 2.81 bits per heavy atom. The van der Waals surface area contributed by atoms with Crippen LogP contribution in [0.2, 0.25) is 0 Å². The van der Waals surface area contributed by atoms with Gasteiger partial charge in [0.25, 0.3) is 5.91 Å². The van der Waals surface area contributed by atoms with Gasteiger partial charge in [-0.15, -0.1) is 0 Å². The number of hydrogen-bond acceptors (Lipinski definition) is 4. The number of nitrogens with one attached hydrogen (secondary N) is 1. The molecule has 1 heterocycles. The molecule has 0 aromatic heterocycles. The van der Waals surface area contributed by atoms with E-state index in [0.29, 0.717) is 17.7 Å². The zero-order valence-corrected chi connectivity index (χ0v) is 8.55. The fourth-order valence-electron chi connectivity index (χ4n) is 1.74. The van der Waals surface area contributed by atoms with Crippen LogP contribution in [0, 0.1) is 0 Å². The van der Waals surface area contributed by atoms with Crippen LogP contribution in [0.4, 0.5) is 0 Å². The van der Waals surface area contributed by atoms with Crippen molar-refractivity contribution in [1.82, 2.24) is 5.32 Å². The van der Waals surface area contributed by atoms with E-state index in [1.807, 2.05) is 0 Å². The molecule has 0 spiro atoms. The Morgan fingerprint density at radius 2 is 2.12 bits per heavy atom. The number of amides is 1. The lowest BCUT2D eigenvalue weighted by atomic mass is 10.00. The molecular weight excluding hydrogens is 210 g/mol. The molecule has 1 aromatic carbocycles. The Labute approximate surface area is 92.3 Å². The number of carbonyl (C=O) groups excluding carboxylic acids is 1. The molecule has 1 aromatic rings. The molecule has 0 saturated carbocycles. The van der Waals surface area contributed by atoms with Crippen LogP contribution in [0.5, 0.6) is 0 Å². The van der Waals surface area contributed by atoms with Gasteiger partial charge in [0.2, 0.25) is 0 Å². The highest BCUT2D eigenvalue weighted by molar-refractivity contribution is 5.98. The maximum Gasteiger partial charge on any atom is 0.251 e. The first kappa shape index (κ1) is 11.1. The van der Waals surface area contributed by atoms with Crippen LogP contribution in [-0.4, -0.2) is 33.9 Å². The van der Waals surface area contributed by atoms with E-state index in [0.717, 1.165) is 5.56 Å². The van der Waals surface area contributed by atoms with Gasteiger partial charge in [0, 0.05) is 12.1 Å². The lowest BCUT2D eigenvalue weighted by Gasteiger charge is -2.16. The zero-order chi connectivity index (χ0) is 11.7. The van der Waals surface area contributed by atoms with Gasteiger partial charge in [-0.3, -0.25) is 4.79 Å². The van der Waals surface area contributed by atoms with E-state index in [1.165, 1.54) is 0 Å². The highest BCUT2D eigenvalue weighted by Crippen LogP contribution is 2.23. The van der Waals surface area contributed by atoms with Gasteiger partial charge < -0.3 is 20.6 Å². The standard InChI is InChI=1S/C11H13NO4/c13-5-9(14)10(15)6-1-2-7-4-12-11(16)8(7)3-6/h1-3,9-10,13-15H,4-5H2,(H,12,16). The summed E-state index contributed by atoms with van der Waals surface area (Å²) in [6.07, 6.45) is -2.41. The van der Waals surface area contributed by atoms with Crippen molar-refractivity contribution in [3.8, 4) is 0 Å². The minimum atomic E-state index is -1.23. The Morgan fingerprint density at radius 1 is 1.38 bits per heavy atom. The summed E-state index contributed by atoms with van der Waals surface area (Å²) in [4.78, 5) is 11.4. The zero-order valence-electron chi connectivity index (χ0n) is 8.55. The first-order valence-corrected chi connectivity index (χ1v) is 5.01. The molecule has 0 fully saturated rings. The average Bonchev–Trinajstić information content (AvgIpc) is 2.68. The molecule has 0 radical (unpaired) electrons. The van der Waals surface area contributed by atoms with Crippen LogP contribution in [0.25, 0.3) is 0 Å². The average molecular weight is 223 g/mol. The minimum absolute atomic E-state index is 0.178. The van der Waals surface area contributed by atoms with E-state index < -0.39 is 18.8 Å². The Kier molecular flexibility index (Phi) is 2.91. The summed E-state index contributed by atoms with van der Waals surface area (Å²) >= 11 is 0. The van der Waals surface area contributed by atoms with Crippen LogP contribution in [-0.2, 0) is 6.54 Å². The largest absolute Gasteiger partial charge is 0.394 e. The van der Waals surface area contributed by atoms with Gasteiger partial charge >= 0.3 is 0 Å². The van der Waals surface area contributed by atoms with Crippen LogP contribution in [0.3, 0.4) is 0 Å². The summed E-state index contributed by atoms with van der Waals surface area (Å²) in [5, 5.41) is 30.3. The summed E-state index contributed by atoms with van der Waals surface area (Å²) in [5.41, 5.74) is 1.82. The first-order valence-electron chi connectivity index (χ1n) is 5.01. The number of fused-ring (bicyclic) bond motifs is 1. The second-order valence-corrected chi connectivity index (χ2v) is 3.79. The number of benzene rings is 1. The quantitative estimate of drug-likeness (QED) is 0.546. The van der Waals surface area contributed by atoms with Crippen LogP contribution in [0.15, 0.2) is 18.2 Å². The van der Waals surface area contributed by atoms with Crippen molar-refractivity contribution in [2.45, 2.75) is 18.8 Å². The third-order valence-electron chi connectivity index (χ3n) is 2.71. The van der Waals surface area contributed by atoms with Crippen LogP contribution < -0.4 is 5.32 Å². The predicted molar refractivity (Wildman–Crippen MR) is 55.7 cm³/mol. The fraction of sp³-hybridized carbons (Fsp3) is 0.364. The van der Waals surface area contributed by atoms with Gasteiger partial charge in [0.15, 0.2) is 0 Å². The van der Waals surface area contributed by atoms with Gasteiger partial charge in [-0.05, 0) is 17.2 Å². The highest BCUT2D eigenvalue weighted by Gasteiger charge is 2.23. The summed E-state index contributed by atoms with van der Waals surface area (Å²) in [7, 11) is 0. The molecule has 5 nitrogen and oxygen atoms in total. The van der Waals surface area contributed by atoms with Gasteiger partial charge in [-0.25, -0.2) is 0 Å². The molecule has 1 aliphatic rings. The maximum absolute atomic E-state index is 11.4. The molecule has 0 aliphatic carbocycles. The van der Waals surface area contributed by atoms with Crippen molar-refractivity contribution in [1.29, 1.82) is 0 Å². The SMILES string of the molecule is O=C1NCc2ccc(C(O)C(O)CO)cc21. The molecule has 5 heteroatoms. The van der Waals surface area contributed by atoms with E-state index in [9.17, 15) is 15.0 Å². The van der Waals surface area contributed by atoms with E-state index >= 15 is 0 Å². The number of aliphatic hydroxyl groups excluding tert-OH is 3. The molecule has 4 N–H and O–H groups in total. The molecule has 0 saturated heterocycles. The molecule has 2 atom stereocenters. The van der Waals surface area contributed by atoms with Crippen molar-refractivity contribution in [3.63, 3.8) is 0 Å². The molecule has 1 aliphatic heterocycles. The molecule has 2 rings (SSSR count). The van der Waals surface area contributed by atoms with E-state index in [1.54, 1.807) is 18.2 Å². The minimum Gasteiger partial charge on any atom is -0.394 e. The normalized spacial score (nSPS) is 17.8. The van der Waals surface area contributed by atoms with Gasteiger partial charge in [-0.1, -0.05) is 12.1 Å². The number of carbonyl (C=O) groups is 1. The predicted octanol–water partition coefficient (Wildman–Crippen LogP) is -0.683. The Bertz CT molecular complexity index is 418. The summed E-state index contributed by atoms with van der Waals surface area (Å²) in [6, 6.07) is 4.92. The van der Waals surface area contributed by atoms with Gasteiger partial charge in [0.1, 0.15) is 12.2 Å². The lowest BCUT2D eigenvalue weighted by Crippen LogP contribution is -2.22. The number of rotatable bonds is 3. The molecular formula is C11H13NO4. The molecule has 0 bridgehead atoms. The van der Waals surface area contributed by atoms with Crippen molar-refractivity contribution in [3.05, 3.63) is 34.9 Å². The summed E-state index contributed by atoms with van der Waals surface area (Å²) < 4.78 is 0. The molecule has 1 amide bonds. The summed E-state index contributed by atoms with van der Waals surface area (Å²) in [5.74, 6) is -0.178. The van der Waals surface area contributed by atoms with Crippen LogP contribution >= 0.6 is 0 Å². The van der Waals surface area contributed by atoms with Crippen molar-refractivity contribution >= 4 is 5.91 Å². The lowest BCUT2D eigenvalue weighted by molar-refractivity contribution is -0.0152. The summed E-state index contributed by atoms with van der Waals surface area (Å²) in [6.45, 7) is -0.0302. The Hall–Kier alpha value is -1.43.